The number of carbonyl (C=O) groups excluding carboxylic acids is 1. The van der Waals surface area contributed by atoms with E-state index in [2.05, 4.69) is 27.2 Å². The molecule has 0 spiro atoms. The zero-order chi connectivity index (χ0) is 29.9. The minimum absolute atomic E-state index is 0.145. The van der Waals surface area contributed by atoms with Gasteiger partial charge in [0.2, 0.25) is 5.95 Å². The largest absolute Gasteiger partial charge is 0.489 e. The maximum Gasteiger partial charge on any atom is 0.263 e. The minimum atomic E-state index is -0.365. The lowest BCUT2D eigenvalue weighted by Crippen LogP contribution is -2.29. The smallest absolute Gasteiger partial charge is 0.263 e. The van der Waals surface area contributed by atoms with Gasteiger partial charge in [-0.25, -0.2) is 9.97 Å². The Kier molecular flexibility index (Phi) is 8.55. The third kappa shape index (κ3) is 6.79. The quantitative estimate of drug-likeness (QED) is 0.187. The van der Waals surface area contributed by atoms with E-state index in [9.17, 15) is 9.59 Å². The van der Waals surface area contributed by atoms with E-state index in [0.29, 0.717) is 17.0 Å². The van der Waals surface area contributed by atoms with Gasteiger partial charge in [0.05, 0.1) is 12.1 Å². The van der Waals surface area contributed by atoms with Crippen molar-refractivity contribution in [1.29, 1.82) is 0 Å². The van der Waals surface area contributed by atoms with Crippen LogP contribution in [0.4, 0.5) is 11.6 Å². The number of fused-ring (bicyclic) bond motifs is 1. The van der Waals surface area contributed by atoms with Gasteiger partial charge in [-0.05, 0) is 61.5 Å². The molecule has 0 saturated carbocycles. The molecule has 6 rings (SSSR count). The van der Waals surface area contributed by atoms with Crippen LogP contribution in [0.2, 0.25) is 0 Å². The molecule has 1 saturated heterocycles. The van der Waals surface area contributed by atoms with E-state index in [1.807, 2.05) is 53.9 Å². The number of anilines is 2. The molecule has 5 aromatic rings. The number of pyridine rings is 1. The van der Waals surface area contributed by atoms with Crippen molar-refractivity contribution in [3.63, 3.8) is 0 Å². The van der Waals surface area contributed by atoms with Gasteiger partial charge in [0.1, 0.15) is 17.5 Å². The van der Waals surface area contributed by atoms with Gasteiger partial charge in [-0.1, -0.05) is 37.7 Å². The molecule has 1 fully saturated rings. The van der Waals surface area contributed by atoms with E-state index in [1.54, 1.807) is 60.0 Å². The molecule has 1 N–H and O–H groups in total. The summed E-state index contributed by atoms with van der Waals surface area (Å²) in [5, 5.41) is 5.81. The van der Waals surface area contributed by atoms with Gasteiger partial charge in [-0.15, -0.1) is 11.3 Å². The minimum Gasteiger partial charge on any atom is -0.489 e. The summed E-state index contributed by atoms with van der Waals surface area (Å²) in [5.74, 6) is 0.649. The highest BCUT2D eigenvalue weighted by Gasteiger charge is 2.21. The molecule has 9 nitrogen and oxygen atoms in total. The van der Waals surface area contributed by atoms with Crippen LogP contribution in [0.15, 0.2) is 86.4 Å². The first kappa shape index (κ1) is 29.0. The average Bonchev–Trinajstić information content (AvgIpc) is 3.67. The Hall–Kier alpha value is -4.06. The second-order valence-electron chi connectivity index (χ2n) is 10.9. The molecule has 1 aliphatic rings. The Labute approximate surface area is 258 Å². The van der Waals surface area contributed by atoms with Gasteiger partial charge < -0.3 is 15.0 Å². The second-order valence-corrected chi connectivity index (χ2v) is 13.1. The molecule has 1 atom stereocenters. The molecule has 1 unspecified atom stereocenters. The standard InChI is InChI=1S/C32H32N6O3S2/c1-20(2)28(39)27-16-22-17-34-31(35-23-6-8-24(9-7-23)41-25-12-14-37(3)19-25)36-29(22)38(30(27)40)18-21-4-10-26(11-5-21)43-32-33-13-15-42-32/h4-11,13,15-17,20,25H,12,14,18-19H2,1-3H3,(H,34,35,36). The molecule has 4 heterocycles. The molecule has 220 valence electrons. The fourth-order valence-electron chi connectivity index (χ4n) is 4.99. The predicted octanol–water partition coefficient (Wildman–Crippen LogP) is 6.11. The Morgan fingerprint density at radius 2 is 1.93 bits per heavy atom. The van der Waals surface area contributed by atoms with Crippen LogP contribution < -0.4 is 15.6 Å². The molecule has 3 aromatic heterocycles. The number of likely N-dealkylation sites (N-methyl/N-ethyl adjacent to an activating group) is 1. The van der Waals surface area contributed by atoms with Crippen LogP contribution in [-0.4, -0.2) is 56.4 Å². The number of ketones is 1. The number of Topliss-reactive ketones (excluding diaryl/α,β-unsaturated/α-hetero) is 1. The van der Waals surface area contributed by atoms with E-state index in [0.717, 1.165) is 45.7 Å². The summed E-state index contributed by atoms with van der Waals surface area (Å²) in [6.45, 7) is 5.81. The average molecular weight is 613 g/mol. The lowest BCUT2D eigenvalue weighted by atomic mass is 10.0. The summed E-state index contributed by atoms with van der Waals surface area (Å²) in [6, 6.07) is 17.3. The third-order valence-corrected chi connectivity index (χ3v) is 9.15. The number of likely N-dealkylation sites (tertiary alicyclic amines) is 1. The fraction of sp³-hybridized carbons (Fsp3) is 0.281. The molecule has 0 radical (unpaired) electrons. The second kappa shape index (κ2) is 12.7. The number of ether oxygens (including phenoxy) is 1. The van der Waals surface area contributed by atoms with Crippen molar-refractivity contribution in [2.45, 2.75) is 42.2 Å². The summed E-state index contributed by atoms with van der Waals surface area (Å²) in [7, 11) is 2.10. The van der Waals surface area contributed by atoms with E-state index in [1.165, 1.54) is 0 Å². The number of aromatic nitrogens is 4. The van der Waals surface area contributed by atoms with Gasteiger partial charge in [0.25, 0.3) is 5.56 Å². The number of nitrogens with one attached hydrogen (secondary N) is 1. The number of hydrogen-bond donors (Lipinski definition) is 1. The number of hydrogen-bond acceptors (Lipinski definition) is 10. The Morgan fingerprint density at radius 3 is 2.60 bits per heavy atom. The summed E-state index contributed by atoms with van der Waals surface area (Å²) < 4.78 is 8.64. The van der Waals surface area contributed by atoms with Crippen LogP contribution in [-0.2, 0) is 6.54 Å². The molecule has 0 aliphatic carbocycles. The molecule has 2 aromatic carbocycles. The maximum absolute atomic E-state index is 13.7. The monoisotopic (exact) mass is 612 g/mol. The van der Waals surface area contributed by atoms with Crippen LogP contribution in [0.3, 0.4) is 0 Å². The highest BCUT2D eigenvalue weighted by Crippen LogP contribution is 2.29. The van der Waals surface area contributed by atoms with Crippen LogP contribution in [0.1, 0.15) is 36.2 Å². The first-order valence-electron chi connectivity index (χ1n) is 14.2. The van der Waals surface area contributed by atoms with Crippen molar-refractivity contribution in [2.24, 2.45) is 5.92 Å². The highest BCUT2D eigenvalue weighted by atomic mass is 32.2. The van der Waals surface area contributed by atoms with Gasteiger partial charge in [0, 0.05) is 52.8 Å². The number of thiazole rings is 1. The van der Waals surface area contributed by atoms with Crippen molar-refractivity contribution in [1.82, 2.24) is 24.4 Å². The van der Waals surface area contributed by atoms with Gasteiger partial charge in [0.15, 0.2) is 10.1 Å². The lowest BCUT2D eigenvalue weighted by Gasteiger charge is -2.15. The summed E-state index contributed by atoms with van der Waals surface area (Å²) in [5.41, 5.74) is 1.94. The molecule has 0 bridgehead atoms. The zero-order valence-electron chi connectivity index (χ0n) is 24.2. The first-order valence-corrected chi connectivity index (χ1v) is 15.9. The van der Waals surface area contributed by atoms with Crippen molar-refractivity contribution in [3.8, 4) is 5.75 Å². The topological polar surface area (TPSA) is 102 Å². The van der Waals surface area contributed by atoms with Gasteiger partial charge in [-0.3, -0.25) is 14.2 Å². The number of benzene rings is 2. The van der Waals surface area contributed by atoms with Gasteiger partial charge in [-0.2, -0.15) is 4.98 Å². The maximum atomic E-state index is 13.7. The van der Waals surface area contributed by atoms with E-state index < -0.39 is 0 Å². The SMILES string of the molecule is CC(C)C(=O)c1cc2cnc(Nc3ccc(OC4CCN(C)C4)cc3)nc2n(Cc2ccc(Sc3nccs3)cc2)c1=O. The number of carbonyl (C=O) groups is 1. The molecular weight excluding hydrogens is 581 g/mol. The highest BCUT2D eigenvalue weighted by molar-refractivity contribution is 8.01. The Bertz CT molecular complexity index is 1790. The molecule has 1 aliphatic heterocycles. The third-order valence-electron chi connectivity index (χ3n) is 7.26. The van der Waals surface area contributed by atoms with Gasteiger partial charge >= 0.3 is 0 Å². The number of rotatable bonds is 10. The Morgan fingerprint density at radius 1 is 1.14 bits per heavy atom. The number of nitrogens with zero attached hydrogens (tertiary/aromatic N) is 5. The predicted molar refractivity (Wildman–Crippen MR) is 171 cm³/mol. The van der Waals surface area contributed by atoms with E-state index in [-0.39, 0.29) is 35.5 Å². The molecule has 43 heavy (non-hydrogen) atoms. The normalized spacial score (nSPS) is 15.3. The summed E-state index contributed by atoms with van der Waals surface area (Å²) >= 11 is 3.18. The Balaban J connectivity index is 1.28. The summed E-state index contributed by atoms with van der Waals surface area (Å²) in [6.07, 6.45) is 4.66. The van der Waals surface area contributed by atoms with Crippen LogP contribution in [0.25, 0.3) is 11.0 Å². The first-order chi connectivity index (χ1) is 20.8. The van der Waals surface area contributed by atoms with Crippen molar-refractivity contribution >= 4 is 51.6 Å². The molecular formula is C32H32N6O3S2. The lowest BCUT2D eigenvalue weighted by molar-refractivity contribution is 0.0937. The van der Waals surface area contributed by atoms with E-state index in [4.69, 9.17) is 9.72 Å². The van der Waals surface area contributed by atoms with Crippen LogP contribution >= 0.6 is 23.1 Å². The summed E-state index contributed by atoms with van der Waals surface area (Å²) in [4.78, 5) is 43.6. The van der Waals surface area contributed by atoms with Crippen molar-refractivity contribution < 1.29 is 9.53 Å². The van der Waals surface area contributed by atoms with Crippen molar-refractivity contribution in [2.75, 3.05) is 25.5 Å². The zero-order valence-corrected chi connectivity index (χ0v) is 25.8. The van der Waals surface area contributed by atoms with Crippen molar-refractivity contribution in [3.05, 3.63) is 93.9 Å². The van der Waals surface area contributed by atoms with Crippen LogP contribution in [0, 0.1) is 5.92 Å². The molecule has 11 heteroatoms. The fourth-order valence-corrected chi connectivity index (χ4v) is 6.58. The van der Waals surface area contributed by atoms with E-state index >= 15 is 0 Å². The molecule has 0 amide bonds. The van der Waals surface area contributed by atoms with Crippen LogP contribution in [0.5, 0.6) is 5.75 Å².